The maximum absolute atomic E-state index is 4.00. The Balaban J connectivity index is 2.22. The van der Waals surface area contributed by atoms with Crippen LogP contribution in [0.1, 0.15) is 25.5 Å². The molecule has 1 aliphatic heterocycles. The van der Waals surface area contributed by atoms with Crippen LogP contribution in [0.4, 0.5) is 0 Å². The lowest BCUT2D eigenvalue weighted by Crippen LogP contribution is -2.52. The molecule has 0 amide bonds. The summed E-state index contributed by atoms with van der Waals surface area (Å²) in [5, 5.41) is 3.37. The zero-order chi connectivity index (χ0) is 8.60. The van der Waals surface area contributed by atoms with Gasteiger partial charge in [0.1, 0.15) is 6.33 Å². The molecule has 0 radical (unpaired) electrons. The summed E-state index contributed by atoms with van der Waals surface area (Å²) >= 11 is 0. The zero-order valence-electron chi connectivity index (χ0n) is 7.41. The van der Waals surface area contributed by atoms with E-state index in [9.17, 15) is 0 Å². The highest BCUT2D eigenvalue weighted by molar-refractivity contribution is 5.17. The highest BCUT2D eigenvalue weighted by Crippen LogP contribution is 2.39. The molecule has 0 saturated carbocycles. The molecule has 1 aromatic rings. The number of aromatic nitrogens is 2. The molecule has 64 valence electrons. The first-order chi connectivity index (χ1) is 5.70. The first kappa shape index (κ1) is 7.68. The molecule has 1 N–H and O–H groups in total. The number of hydrogen-bond acceptors (Lipinski definition) is 3. The molecular weight excluding hydrogens is 150 g/mol. The van der Waals surface area contributed by atoms with E-state index in [0.717, 1.165) is 6.54 Å². The quantitative estimate of drug-likeness (QED) is 0.674. The predicted octanol–water partition coefficient (Wildman–Crippen LogP) is 1.15. The lowest BCUT2D eigenvalue weighted by atomic mass is 9.74. The summed E-state index contributed by atoms with van der Waals surface area (Å²) < 4.78 is 0. The first-order valence-corrected chi connectivity index (χ1v) is 4.18. The van der Waals surface area contributed by atoms with E-state index in [2.05, 4.69) is 29.1 Å². The molecule has 1 aromatic heterocycles. The molecule has 1 fully saturated rings. The molecule has 1 atom stereocenters. The normalized spacial score (nSPS) is 26.3. The highest BCUT2D eigenvalue weighted by Gasteiger charge is 2.39. The van der Waals surface area contributed by atoms with Crippen LogP contribution in [-0.2, 0) is 0 Å². The summed E-state index contributed by atoms with van der Waals surface area (Å²) in [6, 6.07) is 0.429. The lowest BCUT2D eigenvalue weighted by Gasteiger charge is -2.45. The van der Waals surface area contributed by atoms with Gasteiger partial charge in [-0.25, -0.2) is 9.97 Å². The van der Waals surface area contributed by atoms with Crippen LogP contribution < -0.4 is 5.32 Å². The number of rotatable bonds is 1. The minimum Gasteiger partial charge on any atom is -0.309 e. The van der Waals surface area contributed by atoms with E-state index in [0.29, 0.717) is 11.5 Å². The summed E-state index contributed by atoms with van der Waals surface area (Å²) in [4.78, 5) is 8.00. The second-order valence-electron chi connectivity index (χ2n) is 3.97. The van der Waals surface area contributed by atoms with Crippen LogP contribution >= 0.6 is 0 Å². The number of nitrogens with zero attached hydrogens (tertiary/aromatic N) is 2. The Morgan fingerprint density at radius 3 is 2.50 bits per heavy atom. The molecule has 2 heterocycles. The third-order valence-electron chi connectivity index (χ3n) is 2.46. The van der Waals surface area contributed by atoms with Crippen LogP contribution in [0.2, 0.25) is 0 Å². The van der Waals surface area contributed by atoms with Crippen molar-refractivity contribution in [1.29, 1.82) is 0 Å². The minimum absolute atomic E-state index is 0.352. The van der Waals surface area contributed by atoms with Gasteiger partial charge in [-0.05, 0) is 5.41 Å². The number of hydrogen-bond donors (Lipinski definition) is 1. The van der Waals surface area contributed by atoms with Gasteiger partial charge in [-0.1, -0.05) is 13.8 Å². The Kier molecular flexibility index (Phi) is 1.61. The molecule has 1 saturated heterocycles. The second-order valence-corrected chi connectivity index (χ2v) is 3.97. The Bertz CT molecular complexity index is 268. The van der Waals surface area contributed by atoms with E-state index in [1.54, 1.807) is 6.33 Å². The molecule has 2 rings (SSSR count). The van der Waals surface area contributed by atoms with E-state index >= 15 is 0 Å². The molecule has 12 heavy (non-hydrogen) atoms. The van der Waals surface area contributed by atoms with Gasteiger partial charge in [0.05, 0.1) is 0 Å². The summed E-state index contributed by atoms with van der Waals surface area (Å²) in [5.41, 5.74) is 1.54. The molecular formula is C9H13N3. The predicted molar refractivity (Wildman–Crippen MR) is 46.6 cm³/mol. The molecule has 3 nitrogen and oxygen atoms in total. The van der Waals surface area contributed by atoms with E-state index in [4.69, 9.17) is 0 Å². The largest absolute Gasteiger partial charge is 0.309 e. The fourth-order valence-corrected chi connectivity index (χ4v) is 1.64. The van der Waals surface area contributed by atoms with Gasteiger partial charge < -0.3 is 5.32 Å². The van der Waals surface area contributed by atoms with Crippen molar-refractivity contribution in [3.05, 3.63) is 24.3 Å². The van der Waals surface area contributed by atoms with Gasteiger partial charge in [0, 0.05) is 30.5 Å². The molecule has 1 unspecified atom stereocenters. The van der Waals surface area contributed by atoms with Gasteiger partial charge in [-0.3, -0.25) is 0 Å². The SMILES string of the molecule is CC1(C)CNC1c1cncnc1. The monoisotopic (exact) mass is 163 g/mol. The zero-order valence-corrected chi connectivity index (χ0v) is 7.41. The van der Waals surface area contributed by atoms with Gasteiger partial charge in [0.25, 0.3) is 0 Å². The van der Waals surface area contributed by atoms with Crippen molar-refractivity contribution in [2.45, 2.75) is 19.9 Å². The minimum atomic E-state index is 0.352. The van der Waals surface area contributed by atoms with Crippen molar-refractivity contribution >= 4 is 0 Å². The molecule has 0 aromatic carbocycles. The average Bonchev–Trinajstić information content (AvgIpc) is 2.05. The Hall–Kier alpha value is -0.960. The lowest BCUT2D eigenvalue weighted by molar-refractivity contribution is 0.127. The van der Waals surface area contributed by atoms with Gasteiger partial charge in [-0.2, -0.15) is 0 Å². The molecule has 0 aliphatic carbocycles. The summed E-state index contributed by atoms with van der Waals surface area (Å²) in [6.45, 7) is 5.58. The molecule has 0 bridgehead atoms. The van der Waals surface area contributed by atoms with Gasteiger partial charge in [-0.15, -0.1) is 0 Å². The second kappa shape index (κ2) is 2.52. The van der Waals surface area contributed by atoms with Crippen molar-refractivity contribution in [1.82, 2.24) is 15.3 Å². The van der Waals surface area contributed by atoms with E-state index in [1.807, 2.05) is 12.4 Å². The van der Waals surface area contributed by atoms with Gasteiger partial charge in [0.2, 0.25) is 0 Å². The maximum atomic E-state index is 4.00. The summed E-state index contributed by atoms with van der Waals surface area (Å²) in [7, 11) is 0. The fourth-order valence-electron chi connectivity index (χ4n) is 1.64. The maximum Gasteiger partial charge on any atom is 0.115 e. The van der Waals surface area contributed by atoms with Crippen molar-refractivity contribution in [3.8, 4) is 0 Å². The Morgan fingerprint density at radius 1 is 1.42 bits per heavy atom. The average molecular weight is 163 g/mol. The standard InChI is InChI=1S/C9H13N3/c1-9(2)5-12-8(9)7-3-10-6-11-4-7/h3-4,6,8,12H,5H2,1-2H3. The van der Waals surface area contributed by atoms with Gasteiger partial charge >= 0.3 is 0 Å². The highest BCUT2D eigenvalue weighted by atomic mass is 15.0. The van der Waals surface area contributed by atoms with E-state index in [1.165, 1.54) is 5.56 Å². The van der Waals surface area contributed by atoms with Crippen molar-refractivity contribution in [2.75, 3.05) is 6.54 Å². The first-order valence-electron chi connectivity index (χ1n) is 4.18. The van der Waals surface area contributed by atoms with Crippen LogP contribution in [-0.4, -0.2) is 16.5 Å². The Morgan fingerprint density at radius 2 is 2.08 bits per heavy atom. The van der Waals surface area contributed by atoms with E-state index < -0.39 is 0 Å². The van der Waals surface area contributed by atoms with Crippen molar-refractivity contribution in [2.24, 2.45) is 5.41 Å². The Labute approximate surface area is 72.2 Å². The van der Waals surface area contributed by atoms with Crippen LogP contribution in [0.5, 0.6) is 0 Å². The van der Waals surface area contributed by atoms with Crippen LogP contribution in [0.15, 0.2) is 18.7 Å². The molecule has 1 aliphatic rings. The number of nitrogens with one attached hydrogen (secondary N) is 1. The van der Waals surface area contributed by atoms with Crippen molar-refractivity contribution < 1.29 is 0 Å². The van der Waals surface area contributed by atoms with Gasteiger partial charge in [0.15, 0.2) is 0 Å². The van der Waals surface area contributed by atoms with Crippen LogP contribution in [0.3, 0.4) is 0 Å². The summed E-state index contributed by atoms with van der Waals surface area (Å²) in [5.74, 6) is 0. The topological polar surface area (TPSA) is 37.8 Å². The third-order valence-corrected chi connectivity index (χ3v) is 2.46. The van der Waals surface area contributed by atoms with E-state index in [-0.39, 0.29) is 0 Å². The fraction of sp³-hybridized carbons (Fsp3) is 0.556. The third kappa shape index (κ3) is 1.10. The molecule has 3 heteroatoms. The summed E-state index contributed by atoms with van der Waals surface area (Å²) in [6.07, 6.45) is 5.33. The molecule has 0 spiro atoms. The van der Waals surface area contributed by atoms with Crippen LogP contribution in [0.25, 0.3) is 0 Å². The van der Waals surface area contributed by atoms with Crippen molar-refractivity contribution in [3.63, 3.8) is 0 Å². The smallest absolute Gasteiger partial charge is 0.115 e. The van der Waals surface area contributed by atoms with Crippen LogP contribution in [0, 0.1) is 5.41 Å².